The van der Waals surface area contributed by atoms with Crippen LogP contribution in [0.15, 0.2) is 45.9 Å². The third-order valence-electron chi connectivity index (χ3n) is 4.46. The van der Waals surface area contributed by atoms with Crippen LogP contribution in [0.3, 0.4) is 0 Å². The summed E-state index contributed by atoms with van der Waals surface area (Å²) in [5.74, 6) is -2.14. The van der Waals surface area contributed by atoms with Crippen LogP contribution in [0.4, 0.5) is 5.69 Å². The number of halogens is 3. The normalized spacial score (nSPS) is 19.5. The quantitative estimate of drug-likeness (QED) is 0.370. The van der Waals surface area contributed by atoms with Gasteiger partial charge in [-0.25, -0.2) is 0 Å². The molecule has 0 aliphatic heterocycles. The van der Waals surface area contributed by atoms with E-state index in [0.29, 0.717) is 24.1 Å². The summed E-state index contributed by atoms with van der Waals surface area (Å²) in [7, 11) is 0. The second kappa shape index (κ2) is 10.1. The summed E-state index contributed by atoms with van der Waals surface area (Å²) < 4.78 is 5.16. The van der Waals surface area contributed by atoms with Crippen molar-refractivity contribution in [2.24, 2.45) is 11.8 Å². The van der Waals surface area contributed by atoms with E-state index in [1.54, 1.807) is 31.2 Å². The van der Waals surface area contributed by atoms with Crippen LogP contribution in [0.25, 0.3) is 0 Å². The van der Waals surface area contributed by atoms with Gasteiger partial charge >= 0.3 is 5.97 Å². The fourth-order valence-corrected chi connectivity index (χ4v) is 3.21. The lowest BCUT2D eigenvalue weighted by molar-refractivity contribution is -0.155. The van der Waals surface area contributed by atoms with Crippen LogP contribution in [0, 0.1) is 11.8 Å². The van der Waals surface area contributed by atoms with Crippen molar-refractivity contribution in [1.29, 1.82) is 0 Å². The van der Waals surface area contributed by atoms with Crippen LogP contribution in [-0.4, -0.2) is 23.8 Å². The molecule has 1 N–H and O–H groups in total. The van der Waals surface area contributed by atoms with Crippen LogP contribution >= 0.6 is 34.8 Å². The second-order valence-electron chi connectivity index (χ2n) is 6.47. The Morgan fingerprint density at radius 2 is 1.61 bits per heavy atom. The summed E-state index contributed by atoms with van der Waals surface area (Å²) in [5, 5.41) is 2.81. The van der Waals surface area contributed by atoms with E-state index < -0.39 is 23.9 Å². The molecule has 1 aliphatic carbocycles. The molecule has 1 aliphatic rings. The standard InChI is InChI=1S/C20H20Cl3NO4/c1-11(25)13-7-9-14(10-8-13)24-19(26)15-5-3-4-6-16(15)20(27)28-12(2)17(21)18(22)23/h3-4,7-10,12,15-16H,5-6H2,1-2H3,(H,24,26)/t12-,15+,16+/m0/s1. The molecule has 0 unspecified atom stereocenters. The number of hydrogen-bond acceptors (Lipinski definition) is 4. The minimum Gasteiger partial charge on any atom is -0.457 e. The zero-order valence-electron chi connectivity index (χ0n) is 15.4. The van der Waals surface area contributed by atoms with Crippen LogP contribution in [0.1, 0.15) is 37.0 Å². The van der Waals surface area contributed by atoms with Gasteiger partial charge in [0.15, 0.2) is 5.78 Å². The largest absolute Gasteiger partial charge is 0.457 e. The van der Waals surface area contributed by atoms with Gasteiger partial charge in [0.2, 0.25) is 5.91 Å². The highest BCUT2D eigenvalue weighted by atomic mass is 35.5. The van der Waals surface area contributed by atoms with E-state index in [2.05, 4.69) is 5.32 Å². The van der Waals surface area contributed by atoms with Gasteiger partial charge in [0, 0.05) is 11.3 Å². The molecule has 5 nitrogen and oxygen atoms in total. The van der Waals surface area contributed by atoms with Crippen molar-refractivity contribution >= 4 is 58.1 Å². The highest BCUT2D eigenvalue weighted by Crippen LogP contribution is 2.30. The molecular formula is C20H20Cl3NO4. The molecule has 0 heterocycles. The molecule has 28 heavy (non-hydrogen) atoms. The predicted octanol–water partition coefficient (Wildman–Crippen LogP) is 5.23. The number of allylic oxidation sites excluding steroid dienone is 2. The number of esters is 1. The Labute approximate surface area is 178 Å². The van der Waals surface area contributed by atoms with Gasteiger partial charge in [0.25, 0.3) is 0 Å². The Balaban J connectivity index is 2.08. The van der Waals surface area contributed by atoms with E-state index in [4.69, 9.17) is 39.5 Å². The van der Waals surface area contributed by atoms with Crippen molar-refractivity contribution in [3.05, 3.63) is 51.5 Å². The molecule has 1 aromatic carbocycles. The number of hydrogen-bond donors (Lipinski definition) is 1. The molecule has 0 radical (unpaired) electrons. The molecular weight excluding hydrogens is 425 g/mol. The van der Waals surface area contributed by atoms with Crippen molar-refractivity contribution in [1.82, 2.24) is 0 Å². The molecule has 0 spiro atoms. The Morgan fingerprint density at radius 3 is 2.14 bits per heavy atom. The monoisotopic (exact) mass is 443 g/mol. The number of carbonyl (C=O) groups excluding carboxylic acids is 3. The van der Waals surface area contributed by atoms with E-state index >= 15 is 0 Å². The van der Waals surface area contributed by atoms with Crippen LogP contribution < -0.4 is 5.32 Å². The maximum atomic E-state index is 12.7. The number of Topliss-reactive ketones (excluding diaryl/α,β-unsaturated/α-hetero) is 1. The lowest BCUT2D eigenvalue weighted by Crippen LogP contribution is -2.36. The lowest BCUT2D eigenvalue weighted by atomic mass is 9.82. The van der Waals surface area contributed by atoms with Gasteiger partial charge in [-0.05, 0) is 51.0 Å². The highest BCUT2D eigenvalue weighted by Gasteiger charge is 2.36. The number of amides is 1. The Morgan fingerprint density at radius 1 is 1.04 bits per heavy atom. The fraction of sp³-hybridized carbons (Fsp3) is 0.350. The summed E-state index contributed by atoms with van der Waals surface area (Å²) in [6.45, 7) is 3.02. The maximum absolute atomic E-state index is 12.7. The summed E-state index contributed by atoms with van der Waals surface area (Å²) in [4.78, 5) is 36.7. The first-order valence-electron chi connectivity index (χ1n) is 8.68. The van der Waals surface area contributed by atoms with Crippen molar-refractivity contribution in [2.75, 3.05) is 5.32 Å². The Hall–Kier alpha value is -1.82. The summed E-state index contributed by atoms with van der Waals surface area (Å²) in [6, 6.07) is 6.57. The third kappa shape index (κ3) is 5.84. The number of nitrogens with one attached hydrogen (secondary N) is 1. The molecule has 0 saturated heterocycles. The first-order valence-corrected chi connectivity index (χ1v) is 9.82. The Kier molecular flexibility index (Phi) is 8.10. The van der Waals surface area contributed by atoms with Gasteiger partial charge in [-0.1, -0.05) is 47.0 Å². The number of anilines is 1. The van der Waals surface area contributed by atoms with Crippen LogP contribution in [0.2, 0.25) is 0 Å². The number of benzene rings is 1. The number of carbonyl (C=O) groups is 3. The zero-order valence-corrected chi connectivity index (χ0v) is 17.6. The summed E-state index contributed by atoms with van der Waals surface area (Å²) in [6.07, 6.45) is 3.67. The van der Waals surface area contributed by atoms with E-state index in [1.165, 1.54) is 6.92 Å². The number of rotatable bonds is 6. The molecule has 1 amide bonds. The molecule has 2 rings (SSSR count). The topological polar surface area (TPSA) is 72.5 Å². The van der Waals surface area contributed by atoms with Crippen molar-refractivity contribution in [2.45, 2.75) is 32.8 Å². The average molecular weight is 445 g/mol. The molecule has 0 aromatic heterocycles. The Bertz CT molecular complexity index is 813. The minimum atomic E-state index is -0.812. The van der Waals surface area contributed by atoms with E-state index in [1.807, 2.05) is 12.2 Å². The summed E-state index contributed by atoms with van der Waals surface area (Å²) >= 11 is 17.1. The lowest BCUT2D eigenvalue weighted by Gasteiger charge is -2.27. The van der Waals surface area contributed by atoms with Gasteiger partial charge in [0.1, 0.15) is 10.6 Å². The molecule has 1 aromatic rings. The van der Waals surface area contributed by atoms with Gasteiger partial charge in [0.05, 0.1) is 16.9 Å². The SMILES string of the molecule is CC(=O)c1ccc(NC(=O)[C@@H]2CC=CC[C@H]2C(=O)O[C@@H](C)C(Cl)=C(Cl)Cl)cc1. The maximum Gasteiger partial charge on any atom is 0.310 e. The molecule has 0 fully saturated rings. The molecule has 0 bridgehead atoms. The molecule has 0 saturated carbocycles. The van der Waals surface area contributed by atoms with Crippen LogP contribution in [-0.2, 0) is 14.3 Å². The van der Waals surface area contributed by atoms with Gasteiger partial charge in [-0.3, -0.25) is 14.4 Å². The first-order chi connectivity index (χ1) is 13.2. The predicted molar refractivity (Wildman–Crippen MR) is 111 cm³/mol. The van der Waals surface area contributed by atoms with E-state index in [-0.39, 0.29) is 21.2 Å². The number of ketones is 1. The average Bonchev–Trinajstić information content (AvgIpc) is 2.67. The highest BCUT2D eigenvalue weighted by molar-refractivity contribution is 6.59. The molecule has 8 heteroatoms. The first kappa shape index (κ1) is 22.5. The van der Waals surface area contributed by atoms with Crippen molar-refractivity contribution < 1.29 is 19.1 Å². The van der Waals surface area contributed by atoms with Crippen molar-refractivity contribution in [3.8, 4) is 0 Å². The van der Waals surface area contributed by atoms with Crippen molar-refractivity contribution in [3.63, 3.8) is 0 Å². The van der Waals surface area contributed by atoms with E-state index in [9.17, 15) is 14.4 Å². The van der Waals surface area contributed by atoms with E-state index in [0.717, 1.165) is 0 Å². The van der Waals surface area contributed by atoms with Crippen LogP contribution in [0.5, 0.6) is 0 Å². The molecule has 150 valence electrons. The third-order valence-corrected chi connectivity index (χ3v) is 5.56. The summed E-state index contributed by atoms with van der Waals surface area (Å²) in [5.41, 5.74) is 1.10. The minimum absolute atomic E-state index is 0.0228. The van der Waals surface area contributed by atoms with Gasteiger partial charge in [-0.2, -0.15) is 0 Å². The van der Waals surface area contributed by atoms with Gasteiger partial charge in [-0.15, -0.1) is 0 Å². The smallest absolute Gasteiger partial charge is 0.310 e. The number of ether oxygens (including phenoxy) is 1. The zero-order chi connectivity index (χ0) is 20.8. The molecule has 3 atom stereocenters. The van der Waals surface area contributed by atoms with Gasteiger partial charge < -0.3 is 10.1 Å². The second-order valence-corrected chi connectivity index (χ2v) is 7.82. The fourth-order valence-electron chi connectivity index (χ4n) is 2.85.